The highest BCUT2D eigenvalue weighted by Crippen LogP contribution is 2.07. The van der Waals surface area contributed by atoms with Gasteiger partial charge < -0.3 is 5.73 Å². The van der Waals surface area contributed by atoms with E-state index in [9.17, 15) is 8.42 Å². The van der Waals surface area contributed by atoms with Crippen LogP contribution in [0.5, 0.6) is 0 Å². The average molecular weight is 214 g/mol. The minimum Gasteiger partial charge on any atom is -0.366 e. The molecule has 0 aliphatic heterocycles. The van der Waals surface area contributed by atoms with Gasteiger partial charge in [0.2, 0.25) is 5.95 Å². The zero-order valence-electron chi connectivity index (χ0n) is 6.82. The Kier molecular flexibility index (Phi) is 1.74. The average Bonchev–Trinajstić information content (AvgIpc) is 2.72. The van der Waals surface area contributed by atoms with Crippen LogP contribution in [0.1, 0.15) is 0 Å². The highest BCUT2D eigenvalue weighted by molar-refractivity contribution is 7.89. The van der Waals surface area contributed by atoms with Crippen LogP contribution in [-0.4, -0.2) is 32.8 Å². The fourth-order valence-electron chi connectivity index (χ4n) is 0.865. The van der Waals surface area contributed by atoms with Gasteiger partial charge in [0.25, 0.3) is 0 Å². The van der Waals surface area contributed by atoms with Crippen molar-refractivity contribution in [3.8, 4) is 0 Å². The molecule has 0 fully saturated rings. The Hall–Kier alpha value is -1.90. The van der Waals surface area contributed by atoms with Crippen LogP contribution in [0.4, 0.5) is 5.95 Å². The predicted octanol–water partition coefficient (Wildman–Crippen LogP) is -1.18. The molecule has 2 aromatic rings. The lowest BCUT2D eigenvalue weighted by atomic mass is 10.8. The van der Waals surface area contributed by atoms with Gasteiger partial charge in [0.1, 0.15) is 6.33 Å². The molecule has 0 bridgehead atoms. The fourth-order valence-corrected chi connectivity index (χ4v) is 1.83. The molecule has 74 valence electrons. The summed E-state index contributed by atoms with van der Waals surface area (Å²) in [6, 6.07) is 1.31. The van der Waals surface area contributed by atoms with Crippen molar-refractivity contribution in [3.63, 3.8) is 0 Å². The van der Waals surface area contributed by atoms with Crippen LogP contribution in [0, 0.1) is 0 Å². The van der Waals surface area contributed by atoms with Gasteiger partial charge >= 0.3 is 10.0 Å². The zero-order chi connectivity index (χ0) is 10.2. The van der Waals surface area contributed by atoms with Crippen LogP contribution in [0.3, 0.4) is 0 Å². The van der Waals surface area contributed by atoms with Gasteiger partial charge in [-0.15, -0.1) is 9.19 Å². The van der Waals surface area contributed by atoms with Crippen molar-refractivity contribution in [1.82, 2.24) is 24.4 Å². The first-order valence-electron chi connectivity index (χ1n) is 3.53. The van der Waals surface area contributed by atoms with E-state index in [0.29, 0.717) is 4.09 Å². The molecule has 0 unspecified atom stereocenters. The summed E-state index contributed by atoms with van der Waals surface area (Å²) in [5.41, 5.74) is 5.20. The first-order valence-corrected chi connectivity index (χ1v) is 4.97. The van der Waals surface area contributed by atoms with Gasteiger partial charge in [0.05, 0.1) is 6.20 Å². The van der Waals surface area contributed by atoms with E-state index in [2.05, 4.69) is 20.3 Å². The molecule has 0 atom stereocenters. The van der Waals surface area contributed by atoms with E-state index in [1.807, 2.05) is 0 Å². The number of aromatic nitrogens is 5. The van der Waals surface area contributed by atoms with Crippen LogP contribution in [0.25, 0.3) is 0 Å². The maximum Gasteiger partial charge on any atom is 0.301 e. The van der Waals surface area contributed by atoms with Gasteiger partial charge in [0.15, 0.2) is 5.03 Å². The van der Waals surface area contributed by atoms with Crippen molar-refractivity contribution >= 4 is 16.0 Å². The van der Waals surface area contributed by atoms with Crippen LogP contribution >= 0.6 is 0 Å². The summed E-state index contributed by atoms with van der Waals surface area (Å²) in [6.07, 6.45) is 2.35. The SMILES string of the molecule is Nc1ncn(S(=O)(=O)c2ccn[nH]2)n1. The number of aromatic amines is 1. The van der Waals surface area contributed by atoms with Crippen LogP contribution in [0.15, 0.2) is 23.6 Å². The maximum atomic E-state index is 11.6. The lowest BCUT2D eigenvalue weighted by Gasteiger charge is -1.98. The molecule has 0 aromatic carbocycles. The van der Waals surface area contributed by atoms with Crippen LogP contribution in [0.2, 0.25) is 0 Å². The standard InChI is InChI=1S/C5H6N6O2S/c6-5-7-3-11(10-5)14(12,13)4-1-2-8-9-4/h1-3H,(H2,6,10)(H,8,9). The summed E-state index contributed by atoms with van der Waals surface area (Å²) in [7, 11) is -3.73. The first kappa shape index (κ1) is 8.69. The number of nitrogens with zero attached hydrogens (tertiary/aromatic N) is 4. The number of anilines is 1. The number of rotatable bonds is 2. The van der Waals surface area contributed by atoms with Crippen LogP contribution in [-0.2, 0) is 10.0 Å². The van der Waals surface area contributed by atoms with Crippen molar-refractivity contribution < 1.29 is 8.42 Å². The van der Waals surface area contributed by atoms with Gasteiger partial charge in [-0.05, 0) is 6.07 Å². The van der Waals surface area contributed by atoms with Crippen molar-refractivity contribution in [2.45, 2.75) is 5.03 Å². The number of H-pyrrole nitrogens is 1. The van der Waals surface area contributed by atoms with Gasteiger partial charge in [-0.1, -0.05) is 0 Å². The van der Waals surface area contributed by atoms with Crippen molar-refractivity contribution in [1.29, 1.82) is 0 Å². The topological polar surface area (TPSA) is 120 Å². The van der Waals surface area contributed by atoms with E-state index >= 15 is 0 Å². The molecule has 0 spiro atoms. The number of nitrogen functional groups attached to an aromatic ring is 1. The number of nitrogens with two attached hydrogens (primary N) is 1. The molecule has 9 heteroatoms. The lowest BCUT2D eigenvalue weighted by Crippen LogP contribution is -2.14. The Balaban J connectivity index is 2.54. The Morgan fingerprint density at radius 3 is 2.79 bits per heavy atom. The zero-order valence-corrected chi connectivity index (χ0v) is 7.64. The van der Waals surface area contributed by atoms with Crippen molar-refractivity contribution in [2.75, 3.05) is 5.73 Å². The lowest BCUT2D eigenvalue weighted by molar-refractivity contribution is 0.575. The molecule has 0 aliphatic carbocycles. The third kappa shape index (κ3) is 1.23. The van der Waals surface area contributed by atoms with Gasteiger partial charge in [-0.25, -0.2) is 0 Å². The normalized spacial score (nSPS) is 11.7. The Labute approximate surface area is 78.8 Å². The quantitative estimate of drug-likeness (QED) is 0.649. The first-order chi connectivity index (χ1) is 6.60. The molecule has 0 saturated carbocycles. The van der Waals surface area contributed by atoms with E-state index in [4.69, 9.17) is 5.73 Å². The smallest absolute Gasteiger partial charge is 0.301 e. The van der Waals surface area contributed by atoms with Crippen molar-refractivity contribution in [2.24, 2.45) is 0 Å². The molecule has 14 heavy (non-hydrogen) atoms. The third-order valence-electron chi connectivity index (χ3n) is 1.49. The molecule has 2 heterocycles. The van der Waals surface area contributed by atoms with Crippen LogP contribution < -0.4 is 5.73 Å². The molecular formula is C5H6N6O2S. The van der Waals surface area contributed by atoms with E-state index in [0.717, 1.165) is 6.33 Å². The molecular weight excluding hydrogens is 208 g/mol. The van der Waals surface area contributed by atoms with E-state index in [-0.39, 0.29) is 11.0 Å². The number of hydrogen-bond acceptors (Lipinski definition) is 6. The Morgan fingerprint density at radius 2 is 2.29 bits per heavy atom. The minimum absolute atomic E-state index is 0.0672. The second-order valence-electron chi connectivity index (χ2n) is 2.40. The summed E-state index contributed by atoms with van der Waals surface area (Å²) < 4.78 is 24.0. The summed E-state index contributed by atoms with van der Waals surface area (Å²) >= 11 is 0. The largest absolute Gasteiger partial charge is 0.366 e. The summed E-state index contributed by atoms with van der Waals surface area (Å²) in [5.74, 6) is -0.104. The Morgan fingerprint density at radius 1 is 1.50 bits per heavy atom. The van der Waals surface area contributed by atoms with E-state index in [1.165, 1.54) is 12.3 Å². The monoisotopic (exact) mass is 214 g/mol. The highest BCUT2D eigenvalue weighted by Gasteiger charge is 2.19. The predicted molar refractivity (Wildman–Crippen MR) is 45.6 cm³/mol. The second-order valence-corrected chi connectivity index (χ2v) is 4.17. The molecule has 0 saturated heterocycles. The molecule has 2 rings (SSSR count). The number of nitrogens with one attached hydrogen (secondary N) is 1. The molecule has 3 N–H and O–H groups in total. The molecule has 2 aromatic heterocycles. The third-order valence-corrected chi connectivity index (χ3v) is 2.94. The minimum atomic E-state index is -3.73. The number of hydrogen-bond donors (Lipinski definition) is 2. The van der Waals surface area contributed by atoms with Gasteiger partial charge in [-0.2, -0.15) is 18.5 Å². The fraction of sp³-hybridized carbons (Fsp3) is 0. The van der Waals surface area contributed by atoms with E-state index in [1.54, 1.807) is 0 Å². The second kappa shape index (κ2) is 2.80. The molecule has 0 radical (unpaired) electrons. The van der Waals surface area contributed by atoms with E-state index < -0.39 is 10.0 Å². The molecule has 8 nitrogen and oxygen atoms in total. The summed E-state index contributed by atoms with van der Waals surface area (Å²) in [4.78, 5) is 3.51. The van der Waals surface area contributed by atoms with Crippen molar-refractivity contribution in [3.05, 3.63) is 18.6 Å². The summed E-state index contributed by atoms with van der Waals surface area (Å²) in [5, 5.41) is 9.26. The van der Waals surface area contributed by atoms with Gasteiger partial charge in [-0.3, -0.25) is 5.10 Å². The molecule has 0 aliphatic rings. The highest BCUT2D eigenvalue weighted by atomic mass is 32.2. The van der Waals surface area contributed by atoms with Gasteiger partial charge in [0, 0.05) is 0 Å². The Bertz CT molecular complexity index is 526. The maximum absolute atomic E-state index is 11.6. The molecule has 0 amide bonds. The summed E-state index contributed by atoms with van der Waals surface area (Å²) in [6.45, 7) is 0.